The molecule has 0 N–H and O–H groups in total. The van der Waals surface area contributed by atoms with Crippen LogP contribution in [0, 0.1) is 0 Å². The summed E-state index contributed by atoms with van der Waals surface area (Å²) in [5.74, 6) is -0.347. The molecule has 0 saturated heterocycles. The molecule has 0 aromatic carbocycles. The van der Waals surface area contributed by atoms with Crippen LogP contribution >= 0.6 is 7.82 Å². The first kappa shape index (κ1) is 55.2. The largest absolute Gasteiger partial charge is 0.756 e. The highest BCUT2D eigenvalue weighted by molar-refractivity contribution is 7.45. The third-order valence-electron chi connectivity index (χ3n) is 9.55. The molecule has 0 aliphatic heterocycles. The lowest BCUT2D eigenvalue weighted by molar-refractivity contribution is -0.870. The number of allylic oxidation sites excluding steroid dienone is 10. The Kier molecular flexibility index (Phi) is 39.7. The van der Waals surface area contributed by atoms with Crippen molar-refractivity contribution in [1.82, 2.24) is 0 Å². The molecular formula is C48H88NO7P. The molecule has 0 aliphatic carbocycles. The minimum atomic E-state index is -4.53. The number of hydrogen-bond donors (Lipinski definition) is 0. The van der Waals surface area contributed by atoms with Crippen LogP contribution in [0.5, 0.6) is 0 Å². The predicted octanol–water partition coefficient (Wildman–Crippen LogP) is 13.1. The molecule has 2 atom stereocenters. The molecule has 0 saturated carbocycles. The molecule has 57 heavy (non-hydrogen) atoms. The summed E-state index contributed by atoms with van der Waals surface area (Å²) >= 11 is 0. The molecule has 0 heterocycles. The van der Waals surface area contributed by atoms with E-state index in [-0.39, 0.29) is 25.8 Å². The average molecular weight is 822 g/mol. The molecule has 332 valence electrons. The minimum Gasteiger partial charge on any atom is -0.756 e. The van der Waals surface area contributed by atoms with Gasteiger partial charge in [0.25, 0.3) is 7.82 Å². The van der Waals surface area contributed by atoms with Crippen LogP contribution in [0.15, 0.2) is 60.8 Å². The highest BCUT2D eigenvalue weighted by Gasteiger charge is 2.20. The number of unbranched alkanes of at least 4 members (excludes halogenated alkanes) is 18. The van der Waals surface area contributed by atoms with Crippen LogP contribution in [-0.4, -0.2) is 70.7 Å². The standard InChI is InChI=1S/C48H88NO7P/c1-6-8-10-12-14-16-18-20-22-24-26-28-30-32-34-36-38-40-43-53-45-47(46-55-57(51,52)54-44-42-49(3,4)5)56-48(50)41-39-37-35-33-31-29-27-25-23-21-19-17-15-13-11-9-7-2/h8,10,14,16,20-23,26,28,47H,6-7,9,11-13,15,17-19,24-25,27,29-46H2,1-5H3/b10-8-,16-14-,22-20-,23-21-,28-26-. The van der Waals surface area contributed by atoms with Crippen LogP contribution in [0.3, 0.4) is 0 Å². The molecule has 0 aromatic heterocycles. The van der Waals surface area contributed by atoms with Gasteiger partial charge in [0, 0.05) is 13.0 Å². The molecule has 9 heteroatoms. The SMILES string of the molecule is CC/C=C\C/C=C\C/C=C\C/C=C\CCCCCCCOCC(COP(=O)([O-])OCC[N+](C)(C)C)OC(=O)CCCCCCCCC/C=C\CCCCCCCC. The van der Waals surface area contributed by atoms with Crippen molar-refractivity contribution in [2.75, 3.05) is 54.1 Å². The van der Waals surface area contributed by atoms with Gasteiger partial charge < -0.3 is 27.9 Å². The fourth-order valence-electron chi connectivity index (χ4n) is 6.00. The number of hydrogen-bond acceptors (Lipinski definition) is 7. The topological polar surface area (TPSA) is 94.1 Å². The number of carbonyl (C=O) groups excluding carboxylic acids is 1. The highest BCUT2D eigenvalue weighted by Crippen LogP contribution is 2.38. The van der Waals surface area contributed by atoms with Gasteiger partial charge in [0.15, 0.2) is 0 Å². The summed E-state index contributed by atoms with van der Waals surface area (Å²) < 4.78 is 34.6. The van der Waals surface area contributed by atoms with Gasteiger partial charge in [-0.3, -0.25) is 9.36 Å². The van der Waals surface area contributed by atoms with E-state index in [1.54, 1.807) is 0 Å². The molecule has 8 nitrogen and oxygen atoms in total. The zero-order valence-electron chi connectivity index (χ0n) is 37.5. The smallest absolute Gasteiger partial charge is 0.306 e. The van der Waals surface area contributed by atoms with Crippen LogP contribution in [-0.2, 0) is 27.9 Å². The van der Waals surface area contributed by atoms with E-state index in [1.807, 2.05) is 21.1 Å². The van der Waals surface area contributed by atoms with Crippen LogP contribution in [0.4, 0.5) is 0 Å². The van der Waals surface area contributed by atoms with Crippen LogP contribution in [0.2, 0.25) is 0 Å². The van der Waals surface area contributed by atoms with E-state index in [2.05, 4.69) is 74.6 Å². The summed E-state index contributed by atoms with van der Waals surface area (Å²) in [5, 5.41) is 0. The summed E-state index contributed by atoms with van der Waals surface area (Å²) in [5.41, 5.74) is 0. The maximum Gasteiger partial charge on any atom is 0.306 e. The van der Waals surface area contributed by atoms with Crippen molar-refractivity contribution in [3.05, 3.63) is 60.8 Å². The maximum atomic E-state index is 12.7. The third kappa shape index (κ3) is 45.1. The Balaban J connectivity index is 4.26. The van der Waals surface area contributed by atoms with Gasteiger partial charge in [0.2, 0.25) is 0 Å². The lowest BCUT2D eigenvalue weighted by Crippen LogP contribution is -2.37. The van der Waals surface area contributed by atoms with Crippen molar-refractivity contribution in [3.63, 3.8) is 0 Å². The van der Waals surface area contributed by atoms with Gasteiger partial charge in [-0.15, -0.1) is 0 Å². The van der Waals surface area contributed by atoms with E-state index < -0.39 is 13.9 Å². The van der Waals surface area contributed by atoms with Crippen molar-refractivity contribution >= 4 is 13.8 Å². The van der Waals surface area contributed by atoms with E-state index in [0.717, 1.165) is 70.6 Å². The normalized spacial score (nSPS) is 14.3. The molecule has 0 rings (SSSR count). The summed E-state index contributed by atoms with van der Waals surface area (Å²) in [6.07, 6.45) is 50.9. The van der Waals surface area contributed by atoms with Gasteiger partial charge in [-0.05, 0) is 77.0 Å². The average Bonchev–Trinajstić information content (AvgIpc) is 3.16. The maximum absolute atomic E-state index is 12.7. The zero-order valence-corrected chi connectivity index (χ0v) is 38.4. The Morgan fingerprint density at radius 2 is 1.02 bits per heavy atom. The Labute approximate surface area is 351 Å². The number of esters is 1. The zero-order chi connectivity index (χ0) is 42.0. The number of carbonyl (C=O) groups is 1. The molecule has 0 amide bonds. The molecule has 0 spiro atoms. The van der Waals surface area contributed by atoms with Crippen LogP contribution < -0.4 is 4.89 Å². The first-order chi connectivity index (χ1) is 27.6. The predicted molar refractivity (Wildman–Crippen MR) is 240 cm³/mol. The fourth-order valence-corrected chi connectivity index (χ4v) is 6.73. The molecule has 0 radical (unpaired) electrons. The Morgan fingerprint density at radius 3 is 1.54 bits per heavy atom. The van der Waals surface area contributed by atoms with Crippen molar-refractivity contribution < 1.29 is 37.3 Å². The second-order valence-electron chi connectivity index (χ2n) is 16.4. The number of ether oxygens (including phenoxy) is 2. The van der Waals surface area contributed by atoms with Gasteiger partial charge in [0.1, 0.15) is 19.3 Å². The number of quaternary nitrogens is 1. The number of phosphoric ester groups is 1. The number of phosphoric acid groups is 1. The highest BCUT2D eigenvalue weighted by atomic mass is 31.2. The first-order valence-electron chi connectivity index (χ1n) is 23.0. The lowest BCUT2D eigenvalue weighted by Gasteiger charge is -2.28. The minimum absolute atomic E-state index is 0.0189. The summed E-state index contributed by atoms with van der Waals surface area (Å²) in [6, 6.07) is 0. The number of nitrogens with zero attached hydrogens (tertiary/aromatic N) is 1. The Bertz CT molecular complexity index is 1090. The van der Waals surface area contributed by atoms with Gasteiger partial charge >= 0.3 is 5.97 Å². The lowest BCUT2D eigenvalue weighted by atomic mass is 10.1. The molecule has 0 bridgehead atoms. The van der Waals surface area contributed by atoms with Crippen LogP contribution in [0.1, 0.15) is 181 Å². The second-order valence-corrected chi connectivity index (χ2v) is 17.8. The van der Waals surface area contributed by atoms with E-state index in [0.29, 0.717) is 24.1 Å². The molecule has 0 aromatic rings. The van der Waals surface area contributed by atoms with Crippen molar-refractivity contribution in [2.24, 2.45) is 0 Å². The van der Waals surface area contributed by atoms with Crippen molar-refractivity contribution in [1.29, 1.82) is 0 Å². The van der Waals surface area contributed by atoms with Crippen LogP contribution in [0.25, 0.3) is 0 Å². The fraction of sp³-hybridized carbons (Fsp3) is 0.771. The summed E-state index contributed by atoms with van der Waals surface area (Å²) in [6.45, 7) is 5.24. The van der Waals surface area contributed by atoms with Crippen molar-refractivity contribution in [2.45, 2.75) is 187 Å². The van der Waals surface area contributed by atoms with E-state index in [9.17, 15) is 14.3 Å². The van der Waals surface area contributed by atoms with Gasteiger partial charge in [-0.1, -0.05) is 158 Å². The van der Waals surface area contributed by atoms with Gasteiger partial charge in [0.05, 0.1) is 34.4 Å². The molecule has 0 fully saturated rings. The second kappa shape index (κ2) is 41.0. The summed E-state index contributed by atoms with van der Waals surface area (Å²) in [4.78, 5) is 25.1. The summed E-state index contributed by atoms with van der Waals surface area (Å²) in [7, 11) is 1.33. The Hall–Kier alpha value is -1.80. The third-order valence-corrected chi connectivity index (χ3v) is 10.5. The molecule has 0 aliphatic rings. The molecule has 2 unspecified atom stereocenters. The number of likely N-dealkylation sites (N-methyl/N-ethyl adjacent to an activating group) is 1. The first-order valence-corrected chi connectivity index (χ1v) is 24.5. The van der Waals surface area contributed by atoms with E-state index >= 15 is 0 Å². The van der Waals surface area contributed by atoms with Gasteiger partial charge in [-0.2, -0.15) is 0 Å². The number of rotatable bonds is 42. The van der Waals surface area contributed by atoms with Gasteiger partial charge in [-0.25, -0.2) is 0 Å². The monoisotopic (exact) mass is 822 g/mol. The van der Waals surface area contributed by atoms with E-state index in [4.69, 9.17) is 18.5 Å². The van der Waals surface area contributed by atoms with Crippen molar-refractivity contribution in [3.8, 4) is 0 Å². The quantitative estimate of drug-likeness (QED) is 0.0199. The molecular weight excluding hydrogens is 734 g/mol. The Morgan fingerprint density at radius 1 is 0.561 bits per heavy atom. The van der Waals surface area contributed by atoms with E-state index in [1.165, 1.54) is 89.9 Å².